The predicted octanol–water partition coefficient (Wildman–Crippen LogP) is -0.116. The molecule has 3 rings (SSSR count). The summed E-state index contributed by atoms with van der Waals surface area (Å²) in [6, 6.07) is 0.592. The molecule has 1 atom stereocenters. The number of guanidine groups is 1. The van der Waals surface area contributed by atoms with E-state index in [-0.39, 0.29) is 12.6 Å². The highest BCUT2D eigenvalue weighted by molar-refractivity contribution is 5.80. The molecular formula is C12H20N6O. The summed E-state index contributed by atoms with van der Waals surface area (Å²) in [5.74, 6) is 0.633. The van der Waals surface area contributed by atoms with E-state index in [2.05, 4.69) is 20.2 Å². The van der Waals surface area contributed by atoms with E-state index in [4.69, 9.17) is 10.8 Å². The summed E-state index contributed by atoms with van der Waals surface area (Å²) in [6.07, 6.45) is 6.77. The third kappa shape index (κ3) is 2.30. The monoisotopic (exact) mass is 264 g/mol. The van der Waals surface area contributed by atoms with Gasteiger partial charge in [0.05, 0.1) is 31.9 Å². The van der Waals surface area contributed by atoms with Gasteiger partial charge in [-0.15, -0.1) is 5.10 Å². The molecule has 1 saturated carbocycles. The van der Waals surface area contributed by atoms with Gasteiger partial charge in [-0.2, -0.15) is 0 Å². The predicted molar refractivity (Wildman–Crippen MR) is 70.4 cm³/mol. The molecule has 0 bridgehead atoms. The zero-order valence-electron chi connectivity index (χ0n) is 10.9. The van der Waals surface area contributed by atoms with Gasteiger partial charge in [0.15, 0.2) is 5.96 Å². The maximum atomic E-state index is 8.92. The number of aliphatic hydroxyl groups excluding tert-OH is 1. The van der Waals surface area contributed by atoms with E-state index in [0.717, 1.165) is 5.69 Å². The summed E-state index contributed by atoms with van der Waals surface area (Å²) in [7, 11) is 0. The first-order chi connectivity index (χ1) is 9.29. The average Bonchev–Trinajstić information content (AvgIpc) is 3.08. The van der Waals surface area contributed by atoms with Crippen LogP contribution in [0.15, 0.2) is 11.2 Å². The largest absolute Gasteiger partial charge is 0.394 e. The molecule has 2 heterocycles. The number of hydrogen-bond acceptors (Lipinski definition) is 6. The fraction of sp³-hybridized carbons (Fsp3) is 0.750. The van der Waals surface area contributed by atoms with Crippen LogP contribution in [0, 0.1) is 0 Å². The number of nitrogens with zero attached hydrogens (tertiary/aromatic N) is 5. The van der Waals surface area contributed by atoms with Gasteiger partial charge >= 0.3 is 0 Å². The van der Waals surface area contributed by atoms with Crippen LogP contribution in [0.25, 0.3) is 0 Å². The molecule has 0 spiro atoms. The van der Waals surface area contributed by atoms with E-state index < -0.39 is 0 Å². The van der Waals surface area contributed by atoms with E-state index in [1.54, 1.807) is 4.68 Å². The first-order valence-corrected chi connectivity index (χ1v) is 6.88. The maximum Gasteiger partial charge on any atom is 0.192 e. The third-order valence-corrected chi connectivity index (χ3v) is 3.97. The van der Waals surface area contributed by atoms with Gasteiger partial charge in [0.2, 0.25) is 0 Å². The van der Waals surface area contributed by atoms with Gasteiger partial charge in [0.25, 0.3) is 0 Å². The molecule has 104 valence electrons. The summed E-state index contributed by atoms with van der Waals surface area (Å²) in [6.45, 7) is 1.19. The van der Waals surface area contributed by atoms with Gasteiger partial charge in [-0.25, -0.2) is 4.68 Å². The van der Waals surface area contributed by atoms with Crippen molar-refractivity contribution in [2.75, 3.05) is 13.2 Å². The van der Waals surface area contributed by atoms with Gasteiger partial charge in [-0.05, 0) is 12.8 Å². The first kappa shape index (κ1) is 12.4. The standard InChI is InChI=1S/C12H20N6O/c13-12-14-7-11(18(12)9-3-1-2-4-9)10-8-17(5-6-19)16-15-10/h8-9,11,19H,1-7H2,(H2,13,14). The lowest BCUT2D eigenvalue weighted by Gasteiger charge is -2.30. The number of rotatable bonds is 4. The number of aliphatic hydroxyl groups is 1. The number of aliphatic imine (C=N–C) groups is 1. The van der Waals surface area contributed by atoms with E-state index in [0.29, 0.717) is 25.1 Å². The molecule has 1 aliphatic carbocycles. The second kappa shape index (κ2) is 5.16. The van der Waals surface area contributed by atoms with Gasteiger partial charge in [0, 0.05) is 6.04 Å². The Morgan fingerprint density at radius 3 is 2.89 bits per heavy atom. The summed E-state index contributed by atoms with van der Waals surface area (Å²) in [5.41, 5.74) is 6.93. The van der Waals surface area contributed by atoms with Gasteiger partial charge in [-0.3, -0.25) is 4.99 Å². The SMILES string of the molecule is NC1=NCC(c2cn(CCO)nn2)N1C1CCCC1. The van der Waals surface area contributed by atoms with E-state index in [1.165, 1.54) is 25.7 Å². The molecular weight excluding hydrogens is 244 g/mol. The molecule has 19 heavy (non-hydrogen) atoms. The lowest BCUT2D eigenvalue weighted by Crippen LogP contribution is -2.42. The van der Waals surface area contributed by atoms with Crippen LogP contribution >= 0.6 is 0 Å². The van der Waals surface area contributed by atoms with Crippen molar-refractivity contribution in [3.05, 3.63) is 11.9 Å². The fourth-order valence-electron chi connectivity index (χ4n) is 3.05. The molecule has 2 aliphatic rings. The van der Waals surface area contributed by atoms with Crippen LogP contribution in [-0.2, 0) is 6.54 Å². The highest BCUT2D eigenvalue weighted by Crippen LogP contribution is 2.33. The molecule has 0 amide bonds. The van der Waals surface area contributed by atoms with E-state index in [1.807, 2.05) is 6.20 Å². The molecule has 1 fully saturated rings. The molecule has 7 nitrogen and oxygen atoms in total. The zero-order chi connectivity index (χ0) is 13.2. The van der Waals surface area contributed by atoms with Crippen LogP contribution < -0.4 is 5.73 Å². The molecule has 1 aromatic rings. The molecule has 0 aromatic carbocycles. The molecule has 0 saturated heterocycles. The topological polar surface area (TPSA) is 92.6 Å². The van der Waals surface area contributed by atoms with Gasteiger partial charge in [-0.1, -0.05) is 18.1 Å². The number of nitrogens with two attached hydrogens (primary N) is 1. The van der Waals surface area contributed by atoms with Crippen LogP contribution in [0.2, 0.25) is 0 Å². The molecule has 1 unspecified atom stereocenters. The van der Waals surface area contributed by atoms with Gasteiger partial charge < -0.3 is 15.7 Å². The molecule has 1 aromatic heterocycles. The smallest absolute Gasteiger partial charge is 0.192 e. The summed E-state index contributed by atoms with van der Waals surface area (Å²) in [5, 5.41) is 17.1. The summed E-state index contributed by atoms with van der Waals surface area (Å²) < 4.78 is 1.66. The Labute approximate surface area is 112 Å². The Kier molecular flexibility index (Phi) is 3.37. The Morgan fingerprint density at radius 1 is 1.37 bits per heavy atom. The van der Waals surface area contributed by atoms with Crippen molar-refractivity contribution in [2.45, 2.75) is 44.3 Å². The van der Waals surface area contributed by atoms with Crippen LogP contribution in [-0.4, -0.2) is 50.2 Å². The second-order valence-electron chi connectivity index (χ2n) is 5.19. The molecule has 0 radical (unpaired) electrons. The highest BCUT2D eigenvalue weighted by atomic mass is 16.3. The van der Waals surface area contributed by atoms with Crippen molar-refractivity contribution in [2.24, 2.45) is 10.7 Å². The Morgan fingerprint density at radius 2 is 2.16 bits per heavy atom. The number of aromatic nitrogens is 3. The first-order valence-electron chi connectivity index (χ1n) is 6.88. The van der Waals surface area contributed by atoms with E-state index in [9.17, 15) is 0 Å². The molecule has 1 aliphatic heterocycles. The Balaban J connectivity index is 1.78. The number of hydrogen-bond donors (Lipinski definition) is 2. The van der Waals surface area contributed by atoms with Crippen molar-refractivity contribution in [1.82, 2.24) is 19.9 Å². The normalized spacial score (nSPS) is 24.2. The van der Waals surface area contributed by atoms with Crippen LogP contribution in [0.1, 0.15) is 37.4 Å². The minimum absolute atomic E-state index is 0.0679. The second-order valence-corrected chi connectivity index (χ2v) is 5.19. The van der Waals surface area contributed by atoms with Crippen LogP contribution in [0.5, 0.6) is 0 Å². The van der Waals surface area contributed by atoms with Crippen molar-refractivity contribution < 1.29 is 5.11 Å². The van der Waals surface area contributed by atoms with Crippen molar-refractivity contribution in [3.63, 3.8) is 0 Å². The summed E-state index contributed by atoms with van der Waals surface area (Å²) >= 11 is 0. The van der Waals surface area contributed by atoms with Crippen LogP contribution in [0.4, 0.5) is 0 Å². The lowest BCUT2D eigenvalue weighted by molar-refractivity contribution is 0.258. The quantitative estimate of drug-likeness (QED) is 0.791. The minimum atomic E-state index is 0.0679. The fourth-order valence-corrected chi connectivity index (χ4v) is 3.05. The summed E-state index contributed by atoms with van der Waals surface area (Å²) in [4.78, 5) is 6.58. The van der Waals surface area contributed by atoms with Crippen molar-refractivity contribution in [1.29, 1.82) is 0 Å². The zero-order valence-corrected chi connectivity index (χ0v) is 10.9. The lowest BCUT2D eigenvalue weighted by atomic mass is 10.1. The average molecular weight is 264 g/mol. The molecule has 7 heteroatoms. The van der Waals surface area contributed by atoms with E-state index >= 15 is 0 Å². The van der Waals surface area contributed by atoms with Gasteiger partial charge in [0.1, 0.15) is 5.69 Å². The Bertz CT molecular complexity index is 465. The molecule has 3 N–H and O–H groups in total. The highest BCUT2D eigenvalue weighted by Gasteiger charge is 2.36. The van der Waals surface area contributed by atoms with Crippen molar-refractivity contribution in [3.8, 4) is 0 Å². The minimum Gasteiger partial charge on any atom is -0.394 e. The van der Waals surface area contributed by atoms with Crippen LogP contribution in [0.3, 0.4) is 0 Å². The van der Waals surface area contributed by atoms with Crippen molar-refractivity contribution >= 4 is 5.96 Å². The third-order valence-electron chi connectivity index (χ3n) is 3.97. The maximum absolute atomic E-state index is 8.92. The Hall–Kier alpha value is -1.63.